The van der Waals surface area contributed by atoms with Gasteiger partial charge in [0.1, 0.15) is 0 Å². The van der Waals surface area contributed by atoms with Crippen molar-refractivity contribution in [2.45, 2.75) is 50.8 Å². The molecule has 0 aromatic rings. The van der Waals surface area contributed by atoms with Crippen molar-refractivity contribution in [1.29, 1.82) is 0 Å². The molecule has 1 aliphatic carbocycles. The van der Waals surface area contributed by atoms with Crippen LogP contribution in [0.2, 0.25) is 0 Å². The average molecular weight is 291 g/mol. The minimum absolute atomic E-state index is 0.0434. The zero-order valence-corrected chi connectivity index (χ0v) is 12.5. The van der Waals surface area contributed by atoms with Gasteiger partial charge in [-0.05, 0) is 19.3 Å². The van der Waals surface area contributed by atoms with Gasteiger partial charge in [-0.25, -0.2) is 0 Å². The number of unbranched alkanes of at least 4 members (excludes halogenated alkanes) is 1. The van der Waals surface area contributed by atoms with Gasteiger partial charge in [0.25, 0.3) is 10.2 Å². The molecule has 0 aromatic carbocycles. The smallest absolute Gasteiger partial charge is 0.279 e. The van der Waals surface area contributed by atoms with E-state index in [9.17, 15) is 8.42 Å². The van der Waals surface area contributed by atoms with Crippen LogP contribution in [0.15, 0.2) is 0 Å². The van der Waals surface area contributed by atoms with E-state index in [-0.39, 0.29) is 18.2 Å². The van der Waals surface area contributed by atoms with Gasteiger partial charge >= 0.3 is 0 Å². The van der Waals surface area contributed by atoms with Crippen LogP contribution in [0.3, 0.4) is 0 Å². The number of hydrogen-bond donors (Lipinski definition) is 2. The standard InChI is InChI=1S/C12H25N3O3S/c1-3-4-7-15(2)19(16,17)14-11-10(13)9-6-5-8-18-12(9)11/h9-12,14H,3-8,13H2,1-2H3. The third kappa shape index (κ3) is 3.11. The Kier molecular flexibility index (Phi) is 4.84. The molecule has 112 valence electrons. The Morgan fingerprint density at radius 2 is 2.21 bits per heavy atom. The van der Waals surface area contributed by atoms with Crippen molar-refractivity contribution < 1.29 is 13.2 Å². The fourth-order valence-electron chi connectivity index (χ4n) is 2.86. The van der Waals surface area contributed by atoms with Gasteiger partial charge in [-0.1, -0.05) is 13.3 Å². The van der Waals surface area contributed by atoms with E-state index in [4.69, 9.17) is 10.5 Å². The monoisotopic (exact) mass is 291 g/mol. The molecule has 6 nitrogen and oxygen atoms in total. The number of fused-ring (bicyclic) bond motifs is 1. The predicted molar refractivity (Wildman–Crippen MR) is 73.8 cm³/mol. The van der Waals surface area contributed by atoms with E-state index in [2.05, 4.69) is 4.72 Å². The number of nitrogens with zero attached hydrogens (tertiary/aromatic N) is 1. The summed E-state index contributed by atoms with van der Waals surface area (Å²) in [7, 11) is -1.85. The highest BCUT2D eigenvalue weighted by Gasteiger charge is 2.52. The quantitative estimate of drug-likeness (QED) is 0.724. The Bertz CT molecular complexity index is 401. The van der Waals surface area contributed by atoms with E-state index in [1.54, 1.807) is 7.05 Å². The molecule has 3 N–H and O–H groups in total. The van der Waals surface area contributed by atoms with Crippen molar-refractivity contribution in [3.63, 3.8) is 0 Å². The Balaban J connectivity index is 1.93. The number of nitrogens with one attached hydrogen (secondary N) is 1. The molecule has 1 saturated carbocycles. The second kappa shape index (κ2) is 6.05. The van der Waals surface area contributed by atoms with Gasteiger partial charge in [0.15, 0.2) is 0 Å². The van der Waals surface area contributed by atoms with Crippen LogP contribution in [-0.4, -0.2) is 51.1 Å². The van der Waals surface area contributed by atoms with Gasteiger partial charge in [0, 0.05) is 32.2 Å². The molecule has 1 saturated heterocycles. The lowest BCUT2D eigenvalue weighted by Crippen LogP contribution is -2.72. The maximum absolute atomic E-state index is 12.2. The zero-order chi connectivity index (χ0) is 14.0. The van der Waals surface area contributed by atoms with Gasteiger partial charge < -0.3 is 10.5 Å². The van der Waals surface area contributed by atoms with E-state index in [0.717, 1.165) is 25.7 Å². The average Bonchev–Trinajstić information content (AvgIpc) is 2.41. The minimum Gasteiger partial charge on any atom is -0.376 e. The number of rotatable bonds is 6. The zero-order valence-electron chi connectivity index (χ0n) is 11.7. The molecule has 0 bridgehead atoms. The molecule has 0 aromatic heterocycles. The molecule has 0 spiro atoms. The van der Waals surface area contributed by atoms with Crippen LogP contribution in [0.25, 0.3) is 0 Å². The highest BCUT2D eigenvalue weighted by atomic mass is 32.2. The topological polar surface area (TPSA) is 84.7 Å². The van der Waals surface area contributed by atoms with Crippen molar-refractivity contribution in [2.75, 3.05) is 20.2 Å². The molecule has 2 fully saturated rings. The number of ether oxygens (including phenoxy) is 1. The minimum atomic E-state index is -3.45. The van der Waals surface area contributed by atoms with E-state index in [0.29, 0.717) is 19.1 Å². The van der Waals surface area contributed by atoms with E-state index < -0.39 is 10.2 Å². The first-order valence-corrected chi connectivity index (χ1v) is 8.52. The van der Waals surface area contributed by atoms with Crippen LogP contribution >= 0.6 is 0 Å². The van der Waals surface area contributed by atoms with E-state index in [1.165, 1.54) is 4.31 Å². The molecule has 0 amide bonds. The van der Waals surface area contributed by atoms with Gasteiger partial charge in [-0.3, -0.25) is 0 Å². The SMILES string of the molecule is CCCCN(C)S(=O)(=O)NC1C(N)C2CCCOC21. The molecule has 19 heavy (non-hydrogen) atoms. The molecule has 4 atom stereocenters. The Morgan fingerprint density at radius 1 is 1.47 bits per heavy atom. The lowest BCUT2D eigenvalue weighted by atomic mass is 9.69. The summed E-state index contributed by atoms with van der Waals surface area (Å²) >= 11 is 0. The van der Waals surface area contributed by atoms with Crippen LogP contribution in [-0.2, 0) is 14.9 Å². The summed E-state index contributed by atoms with van der Waals surface area (Å²) < 4.78 is 34.0. The lowest BCUT2D eigenvalue weighted by Gasteiger charge is -2.52. The van der Waals surface area contributed by atoms with Crippen LogP contribution in [0.5, 0.6) is 0 Å². The Labute approximate surface area is 115 Å². The maximum atomic E-state index is 12.2. The van der Waals surface area contributed by atoms with E-state index in [1.807, 2.05) is 6.92 Å². The van der Waals surface area contributed by atoms with Crippen molar-refractivity contribution in [3.8, 4) is 0 Å². The van der Waals surface area contributed by atoms with Crippen LogP contribution in [0, 0.1) is 5.92 Å². The first-order valence-electron chi connectivity index (χ1n) is 7.08. The van der Waals surface area contributed by atoms with Crippen molar-refractivity contribution in [1.82, 2.24) is 9.03 Å². The molecular weight excluding hydrogens is 266 g/mol. The highest BCUT2D eigenvalue weighted by Crippen LogP contribution is 2.37. The largest absolute Gasteiger partial charge is 0.376 e. The molecule has 4 unspecified atom stereocenters. The van der Waals surface area contributed by atoms with Gasteiger partial charge in [-0.2, -0.15) is 17.4 Å². The Morgan fingerprint density at radius 3 is 2.89 bits per heavy atom. The molecule has 2 rings (SSSR count). The van der Waals surface area contributed by atoms with Crippen LogP contribution < -0.4 is 10.5 Å². The summed E-state index contributed by atoms with van der Waals surface area (Å²) in [5.74, 6) is 0.308. The summed E-state index contributed by atoms with van der Waals surface area (Å²) in [6.45, 7) is 3.27. The van der Waals surface area contributed by atoms with Crippen LogP contribution in [0.1, 0.15) is 32.6 Å². The predicted octanol–water partition coefficient (Wildman–Crippen LogP) is 0.0574. The van der Waals surface area contributed by atoms with Gasteiger partial charge in [0.05, 0.1) is 12.1 Å². The summed E-state index contributed by atoms with van der Waals surface area (Å²) in [5, 5.41) is 0. The maximum Gasteiger partial charge on any atom is 0.279 e. The molecule has 7 heteroatoms. The molecule has 2 aliphatic rings. The van der Waals surface area contributed by atoms with Crippen LogP contribution in [0.4, 0.5) is 0 Å². The normalized spacial score (nSPS) is 34.9. The number of hydrogen-bond acceptors (Lipinski definition) is 4. The third-order valence-corrected chi connectivity index (χ3v) is 5.77. The number of nitrogens with two attached hydrogens (primary N) is 1. The van der Waals surface area contributed by atoms with Crippen molar-refractivity contribution in [2.24, 2.45) is 11.7 Å². The fourth-order valence-corrected chi connectivity index (χ4v) is 4.04. The summed E-state index contributed by atoms with van der Waals surface area (Å²) in [6, 6.07) is -0.404. The molecule has 0 radical (unpaired) electrons. The highest BCUT2D eigenvalue weighted by molar-refractivity contribution is 7.87. The van der Waals surface area contributed by atoms with E-state index >= 15 is 0 Å². The fraction of sp³-hybridized carbons (Fsp3) is 1.00. The molecule has 1 heterocycles. The van der Waals surface area contributed by atoms with Crippen molar-refractivity contribution >= 4 is 10.2 Å². The lowest BCUT2D eigenvalue weighted by molar-refractivity contribution is -0.114. The second-order valence-corrected chi connectivity index (χ2v) is 7.35. The first kappa shape index (κ1) is 15.2. The molecule has 1 aliphatic heterocycles. The van der Waals surface area contributed by atoms with Crippen molar-refractivity contribution in [3.05, 3.63) is 0 Å². The molecular formula is C12H25N3O3S. The van der Waals surface area contributed by atoms with Gasteiger partial charge in [-0.15, -0.1) is 0 Å². The first-order chi connectivity index (χ1) is 8.97. The summed E-state index contributed by atoms with van der Waals surface area (Å²) in [4.78, 5) is 0. The summed E-state index contributed by atoms with van der Waals surface area (Å²) in [5.41, 5.74) is 6.06. The second-order valence-electron chi connectivity index (χ2n) is 5.54. The van der Waals surface area contributed by atoms with Gasteiger partial charge in [0.2, 0.25) is 0 Å². The third-order valence-electron chi connectivity index (χ3n) is 4.20. The Hall–Kier alpha value is -0.210. The summed E-state index contributed by atoms with van der Waals surface area (Å²) in [6.07, 6.45) is 3.84.